The average molecular weight is 360 g/mol. The first-order valence-electron chi connectivity index (χ1n) is 7.57. The third kappa shape index (κ3) is 5.06. The fourth-order valence-electron chi connectivity index (χ4n) is 2.15. The molecule has 25 heavy (non-hydrogen) atoms. The Kier molecular flexibility index (Phi) is 6.14. The van der Waals surface area contributed by atoms with Crippen LogP contribution >= 0.6 is 11.6 Å². The Morgan fingerprint density at radius 3 is 2.44 bits per heavy atom. The Morgan fingerprint density at radius 2 is 1.80 bits per heavy atom. The van der Waals surface area contributed by atoms with Crippen molar-refractivity contribution < 1.29 is 14.4 Å². The molecule has 130 valence electrons. The van der Waals surface area contributed by atoms with Gasteiger partial charge in [-0.25, -0.2) is 0 Å². The van der Waals surface area contributed by atoms with Crippen molar-refractivity contribution in [2.45, 2.75) is 6.92 Å². The molecule has 0 saturated heterocycles. The molecule has 0 aliphatic carbocycles. The first-order chi connectivity index (χ1) is 11.9. The molecule has 0 radical (unpaired) electrons. The Balaban J connectivity index is 1.96. The summed E-state index contributed by atoms with van der Waals surface area (Å²) in [6.45, 7) is 1.48. The highest BCUT2D eigenvalue weighted by Gasteiger charge is 2.10. The zero-order chi connectivity index (χ0) is 18.4. The highest BCUT2D eigenvalue weighted by molar-refractivity contribution is 6.34. The van der Waals surface area contributed by atoms with Gasteiger partial charge < -0.3 is 16.0 Å². The predicted octanol–water partition coefficient (Wildman–Crippen LogP) is 2.95. The van der Waals surface area contributed by atoms with E-state index in [-0.39, 0.29) is 24.1 Å². The van der Waals surface area contributed by atoms with Gasteiger partial charge in [0.05, 0.1) is 17.1 Å². The number of hydrogen-bond acceptors (Lipinski definition) is 4. The molecule has 7 heteroatoms. The number of nitrogens with one attached hydrogen (secondary N) is 3. The van der Waals surface area contributed by atoms with E-state index < -0.39 is 0 Å². The molecule has 0 aliphatic rings. The molecule has 0 bridgehead atoms. The van der Waals surface area contributed by atoms with Crippen molar-refractivity contribution in [2.75, 3.05) is 24.2 Å². The minimum absolute atomic E-state index is 0.0138. The molecule has 0 atom stereocenters. The number of benzene rings is 2. The van der Waals surface area contributed by atoms with Crippen LogP contribution in [0.4, 0.5) is 11.4 Å². The van der Waals surface area contributed by atoms with Crippen LogP contribution in [0.2, 0.25) is 5.02 Å². The summed E-state index contributed by atoms with van der Waals surface area (Å²) in [7, 11) is 1.52. The van der Waals surface area contributed by atoms with Gasteiger partial charge in [0.2, 0.25) is 5.91 Å². The van der Waals surface area contributed by atoms with Crippen molar-refractivity contribution in [3.63, 3.8) is 0 Å². The second-order valence-electron chi connectivity index (χ2n) is 5.31. The molecule has 0 heterocycles. The number of hydrogen-bond donors (Lipinski definition) is 3. The summed E-state index contributed by atoms with van der Waals surface area (Å²) in [6, 6.07) is 11.5. The number of anilines is 2. The molecule has 2 amide bonds. The van der Waals surface area contributed by atoms with Gasteiger partial charge in [-0.15, -0.1) is 0 Å². The maximum absolute atomic E-state index is 12.0. The quantitative estimate of drug-likeness (QED) is 0.692. The van der Waals surface area contributed by atoms with Crippen LogP contribution in [0.15, 0.2) is 42.5 Å². The van der Waals surface area contributed by atoms with E-state index >= 15 is 0 Å². The fourth-order valence-corrected chi connectivity index (χ4v) is 2.41. The van der Waals surface area contributed by atoms with E-state index in [9.17, 15) is 14.4 Å². The zero-order valence-electron chi connectivity index (χ0n) is 13.9. The first-order valence-corrected chi connectivity index (χ1v) is 7.95. The second-order valence-corrected chi connectivity index (χ2v) is 5.72. The lowest BCUT2D eigenvalue weighted by molar-refractivity contribution is -0.114. The van der Waals surface area contributed by atoms with Gasteiger partial charge in [-0.1, -0.05) is 23.7 Å². The molecule has 2 aromatic rings. The van der Waals surface area contributed by atoms with Crippen LogP contribution in [0.3, 0.4) is 0 Å². The summed E-state index contributed by atoms with van der Waals surface area (Å²) in [6.07, 6.45) is 0. The number of carbonyl (C=O) groups is 3. The van der Waals surface area contributed by atoms with Gasteiger partial charge in [-0.05, 0) is 37.3 Å². The molecule has 0 aromatic heterocycles. The summed E-state index contributed by atoms with van der Waals surface area (Å²) in [5.74, 6) is -0.619. The lowest BCUT2D eigenvalue weighted by atomic mass is 10.1. The van der Waals surface area contributed by atoms with E-state index in [1.54, 1.807) is 42.5 Å². The maximum Gasteiger partial charge on any atom is 0.252 e. The van der Waals surface area contributed by atoms with E-state index in [2.05, 4.69) is 16.0 Å². The lowest BCUT2D eigenvalue weighted by Gasteiger charge is -2.10. The SMILES string of the molecule is CNC(=O)c1ccc(NCC(=O)Nc2cccc(C(C)=O)c2)cc1Cl. The van der Waals surface area contributed by atoms with Crippen molar-refractivity contribution in [1.82, 2.24) is 5.32 Å². The fraction of sp³-hybridized carbons (Fsp3) is 0.167. The second kappa shape index (κ2) is 8.30. The Morgan fingerprint density at radius 1 is 1.04 bits per heavy atom. The van der Waals surface area contributed by atoms with Crippen molar-refractivity contribution in [3.05, 3.63) is 58.6 Å². The number of amides is 2. The molecular formula is C18H18ClN3O3. The molecular weight excluding hydrogens is 342 g/mol. The summed E-state index contributed by atoms with van der Waals surface area (Å²) >= 11 is 6.06. The van der Waals surface area contributed by atoms with Crippen LogP contribution in [-0.2, 0) is 4.79 Å². The van der Waals surface area contributed by atoms with Gasteiger partial charge in [0, 0.05) is 24.0 Å². The van der Waals surface area contributed by atoms with E-state index in [1.165, 1.54) is 14.0 Å². The highest BCUT2D eigenvalue weighted by atomic mass is 35.5. The number of halogens is 1. The van der Waals surface area contributed by atoms with Gasteiger partial charge >= 0.3 is 0 Å². The molecule has 0 saturated carbocycles. The van der Waals surface area contributed by atoms with Crippen LogP contribution in [0.25, 0.3) is 0 Å². The molecule has 0 fully saturated rings. The Hall–Kier alpha value is -2.86. The summed E-state index contributed by atoms with van der Waals surface area (Å²) < 4.78 is 0. The van der Waals surface area contributed by atoms with Gasteiger partial charge in [0.15, 0.2) is 5.78 Å². The topological polar surface area (TPSA) is 87.3 Å². The summed E-state index contributed by atoms with van der Waals surface area (Å²) in [4.78, 5) is 35.0. The summed E-state index contributed by atoms with van der Waals surface area (Å²) in [5, 5.41) is 8.43. The molecule has 0 unspecified atom stereocenters. The van der Waals surface area contributed by atoms with Gasteiger partial charge in [-0.3, -0.25) is 14.4 Å². The first kappa shape index (κ1) is 18.5. The van der Waals surface area contributed by atoms with Crippen molar-refractivity contribution in [3.8, 4) is 0 Å². The molecule has 0 aliphatic heterocycles. The third-order valence-corrected chi connectivity index (χ3v) is 3.76. The minimum atomic E-state index is -0.278. The van der Waals surface area contributed by atoms with E-state index in [1.807, 2.05) is 0 Å². The standard InChI is InChI=1S/C18H18ClN3O3/c1-11(23)12-4-3-5-14(8-12)22-17(24)10-21-13-6-7-15(16(19)9-13)18(25)20-2/h3-9,21H,10H2,1-2H3,(H,20,25)(H,22,24). The van der Waals surface area contributed by atoms with Gasteiger partial charge in [0.25, 0.3) is 5.91 Å². The Labute approximate surface area is 150 Å². The van der Waals surface area contributed by atoms with Crippen molar-refractivity contribution >= 4 is 40.6 Å². The van der Waals surface area contributed by atoms with Crippen LogP contribution in [0.5, 0.6) is 0 Å². The average Bonchev–Trinajstić information content (AvgIpc) is 2.59. The van der Waals surface area contributed by atoms with E-state index in [0.29, 0.717) is 27.5 Å². The van der Waals surface area contributed by atoms with Crippen LogP contribution < -0.4 is 16.0 Å². The molecule has 2 aromatic carbocycles. The van der Waals surface area contributed by atoms with E-state index in [4.69, 9.17) is 11.6 Å². The minimum Gasteiger partial charge on any atom is -0.376 e. The molecule has 0 spiro atoms. The van der Waals surface area contributed by atoms with Crippen molar-refractivity contribution in [2.24, 2.45) is 0 Å². The smallest absolute Gasteiger partial charge is 0.252 e. The molecule has 6 nitrogen and oxygen atoms in total. The normalized spacial score (nSPS) is 10.0. The number of rotatable bonds is 6. The number of Topliss-reactive ketones (excluding diaryl/α,β-unsaturated/α-hetero) is 1. The molecule has 2 rings (SSSR count). The third-order valence-electron chi connectivity index (χ3n) is 3.45. The lowest BCUT2D eigenvalue weighted by Crippen LogP contribution is -2.22. The summed E-state index contributed by atoms with van der Waals surface area (Å²) in [5.41, 5.74) is 2.06. The number of carbonyl (C=O) groups excluding carboxylic acids is 3. The number of ketones is 1. The van der Waals surface area contributed by atoms with Gasteiger partial charge in [-0.2, -0.15) is 0 Å². The zero-order valence-corrected chi connectivity index (χ0v) is 14.6. The van der Waals surface area contributed by atoms with Crippen LogP contribution in [-0.4, -0.2) is 31.2 Å². The molecule has 3 N–H and O–H groups in total. The Bertz CT molecular complexity index is 821. The van der Waals surface area contributed by atoms with Gasteiger partial charge in [0.1, 0.15) is 0 Å². The predicted molar refractivity (Wildman–Crippen MR) is 98.4 cm³/mol. The van der Waals surface area contributed by atoms with Crippen molar-refractivity contribution in [1.29, 1.82) is 0 Å². The largest absolute Gasteiger partial charge is 0.376 e. The van der Waals surface area contributed by atoms with E-state index in [0.717, 1.165) is 0 Å². The highest BCUT2D eigenvalue weighted by Crippen LogP contribution is 2.21. The maximum atomic E-state index is 12.0. The van der Waals surface area contributed by atoms with Crippen LogP contribution in [0, 0.1) is 0 Å². The van der Waals surface area contributed by atoms with Crippen LogP contribution in [0.1, 0.15) is 27.6 Å². The monoisotopic (exact) mass is 359 g/mol.